The molecule has 1 saturated heterocycles. The zero-order valence-electron chi connectivity index (χ0n) is 14.6. The molecule has 0 unspecified atom stereocenters. The zero-order valence-corrected chi connectivity index (χ0v) is 15.4. The Morgan fingerprint density at radius 3 is 2.54 bits per heavy atom. The zero-order chi connectivity index (χ0) is 17.4. The monoisotopic (exact) mass is 349 g/mol. The van der Waals surface area contributed by atoms with Crippen molar-refractivity contribution < 1.29 is 14.3 Å². The van der Waals surface area contributed by atoms with Gasteiger partial charge in [-0.3, -0.25) is 4.79 Å². The van der Waals surface area contributed by atoms with Gasteiger partial charge in [-0.05, 0) is 18.4 Å². The van der Waals surface area contributed by atoms with E-state index in [4.69, 9.17) is 4.74 Å². The Hall–Kier alpha value is -1.49. The second-order valence-electron chi connectivity index (χ2n) is 6.04. The maximum absolute atomic E-state index is 12.7. The molecule has 0 radical (unpaired) electrons. The van der Waals surface area contributed by atoms with E-state index < -0.39 is 6.04 Å². The van der Waals surface area contributed by atoms with Gasteiger partial charge in [-0.1, -0.05) is 57.0 Å². The first-order valence-electron chi connectivity index (χ1n) is 8.83. The van der Waals surface area contributed by atoms with E-state index in [9.17, 15) is 9.59 Å². The molecule has 1 amide bonds. The SMILES string of the molecule is CCCCOC(=O)[C@@H]1CS[C@H](c2ccccc2)N1C(=O)CCCC. The van der Waals surface area contributed by atoms with Crippen LogP contribution >= 0.6 is 11.8 Å². The maximum atomic E-state index is 12.7. The Kier molecular flexibility index (Phi) is 7.63. The molecule has 24 heavy (non-hydrogen) atoms. The van der Waals surface area contributed by atoms with Gasteiger partial charge in [0, 0.05) is 12.2 Å². The molecule has 0 bridgehead atoms. The molecule has 1 heterocycles. The van der Waals surface area contributed by atoms with Crippen molar-refractivity contribution in [3.8, 4) is 0 Å². The molecule has 0 aliphatic carbocycles. The number of rotatable bonds is 8. The van der Waals surface area contributed by atoms with Gasteiger partial charge in [0.15, 0.2) is 0 Å². The van der Waals surface area contributed by atoms with E-state index in [0.717, 1.165) is 31.2 Å². The number of carbonyl (C=O) groups excluding carboxylic acids is 2. The number of unbranched alkanes of at least 4 members (excludes halogenated alkanes) is 2. The minimum atomic E-state index is -0.471. The van der Waals surface area contributed by atoms with Crippen molar-refractivity contribution in [2.24, 2.45) is 0 Å². The molecule has 0 aromatic heterocycles. The number of benzene rings is 1. The number of hydrogen-bond donors (Lipinski definition) is 0. The fourth-order valence-corrected chi connectivity index (χ4v) is 4.17. The van der Waals surface area contributed by atoms with Crippen LogP contribution in [0.15, 0.2) is 30.3 Å². The Morgan fingerprint density at radius 1 is 1.17 bits per heavy atom. The molecule has 132 valence electrons. The third-order valence-electron chi connectivity index (χ3n) is 4.13. The quantitative estimate of drug-likeness (QED) is 0.522. The summed E-state index contributed by atoms with van der Waals surface area (Å²) in [5.74, 6) is 0.384. The van der Waals surface area contributed by atoms with Crippen LogP contribution < -0.4 is 0 Å². The maximum Gasteiger partial charge on any atom is 0.329 e. The lowest BCUT2D eigenvalue weighted by molar-refractivity contribution is -0.154. The van der Waals surface area contributed by atoms with E-state index >= 15 is 0 Å². The summed E-state index contributed by atoms with van der Waals surface area (Å²) in [5, 5.41) is -0.0979. The summed E-state index contributed by atoms with van der Waals surface area (Å²) < 4.78 is 5.39. The minimum absolute atomic E-state index is 0.0492. The first-order chi connectivity index (χ1) is 11.7. The van der Waals surface area contributed by atoms with Gasteiger partial charge < -0.3 is 9.64 Å². The lowest BCUT2D eigenvalue weighted by Gasteiger charge is -2.28. The van der Waals surface area contributed by atoms with Crippen molar-refractivity contribution in [3.63, 3.8) is 0 Å². The minimum Gasteiger partial charge on any atom is -0.464 e. The van der Waals surface area contributed by atoms with E-state index in [0.29, 0.717) is 18.8 Å². The summed E-state index contributed by atoms with van der Waals surface area (Å²) in [4.78, 5) is 26.9. The van der Waals surface area contributed by atoms with Gasteiger partial charge in [0.05, 0.1) is 6.61 Å². The van der Waals surface area contributed by atoms with Crippen LogP contribution in [0.4, 0.5) is 0 Å². The Balaban J connectivity index is 2.14. The first-order valence-corrected chi connectivity index (χ1v) is 9.88. The third kappa shape index (κ3) is 4.76. The number of hydrogen-bond acceptors (Lipinski definition) is 4. The predicted molar refractivity (Wildman–Crippen MR) is 97.7 cm³/mol. The van der Waals surface area contributed by atoms with Crippen LogP contribution in [0.5, 0.6) is 0 Å². The number of carbonyl (C=O) groups is 2. The highest BCUT2D eigenvalue weighted by Crippen LogP contribution is 2.42. The van der Waals surface area contributed by atoms with Crippen molar-refractivity contribution in [2.75, 3.05) is 12.4 Å². The summed E-state index contributed by atoms with van der Waals surface area (Å²) >= 11 is 1.65. The second kappa shape index (κ2) is 9.72. The van der Waals surface area contributed by atoms with Gasteiger partial charge in [-0.15, -0.1) is 11.8 Å². The molecule has 2 atom stereocenters. The van der Waals surface area contributed by atoms with Crippen LogP contribution in [0, 0.1) is 0 Å². The van der Waals surface area contributed by atoms with Gasteiger partial charge in [0.1, 0.15) is 11.4 Å². The molecule has 1 fully saturated rings. The average molecular weight is 349 g/mol. The number of amides is 1. The smallest absolute Gasteiger partial charge is 0.329 e. The lowest BCUT2D eigenvalue weighted by Crippen LogP contribution is -2.43. The number of nitrogens with zero attached hydrogens (tertiary/aromatic N) is 1. The van der Waals surface area contributed by atoms with Crippen LogP contribution in [0.1, 0.15) is 56.9 Å². The van der Waals surface area contributed by atoms with E-state index in [-0.39, 0.29) is 17.3 Å². The molecule has 5 heteroatoms. The average Bonchev–Trinajstić information content (AvgIpc) is 3.05. The first kappa shape index (κ1) is 18.8. The number of ether oxygens (including phenoxy) is 1. The molecule has 2 rings (SSSR count). The van der Waals surface area contributed by atoms with Gasteiger partial charge in [-0.25, -0.2) is 4.79 Å². The summed E-state index contributed by atoms with van der Waals surface area (Å²) in [5.41, 5.74) is 1.07. The van der Waals surface area contributed by atoms with Gasteiger partial charge >= 0.3 is 5.97 Å². The molecule has 1 aromatic carbocycles. The third-order valence-corrected chi connectivity index (χ3v) is 5.45. The predicted octanol–water partition coefficient (Wildman–Crippen LogP) is 4.16. The molecule has 1 aliphatic rings. The second-order valence-corrected chi connectivity index (χ2v) is 7.15. The normalized spacial score (nSPS) is 20.2. The standard InChI is InChI=1S/C19H27NO3S/c1-3-5-12-17(21)20-16(19(22)23-13-6-4-2)14-24-18(20)15-10-8-7-9-11-15/h7-11,16,18H,3-6,12-14H2,1-2H3/t16-,18+/m0/s1. The van der Waals surface area contributed by atoms with Crippen LogP contribution in [-0.4, -0.2) is 35.2 Å². The van der Waals surface area contributed by atoms with E-state index in [1.165, 1.54) is 0 Å². The van der Waals surface area contributed by atoms with E-state index in [1.807, 2.05) is 30.3 Å². The summed E-state index contributed by atoms with van der Waals surface area (Å²) in [6, 6.07) is 9.46. The fourth-order valence-electron chi connectivity index (χ4n) is 2.74. The van der Waals surface area contributed by atoms with Crippen LogP contribution in [-0.2, 0) is 14.3 Å². The van der Waals surface area contributed by atoms with Gasteiger partial charge in [0.2, 0.25) is 5.91 Å². The Labute approximate surface area is 148 Å². The van der Waals surface area contributed by atoms with E-state index in [1.54, 1.807) is 16.7 Å². The van der Waals surface area contributed by atoms with Crippen molar-refractivity contribution in [3.05, 3.63) is 35.9 Å². The lowest BCUT2D eigenvalue weighted by atomic mass is 10.1. The van der Waals surface area contributed by atoms with Crippen molar-refractivity contribution in [2.45, 2.75) is 57.4 Å². The topological polar surface area (TPSA) is 46.6 Å². The number of thioether (sulfide) groups is 1. The number of esters is 1. The van der Waals surface area contributed by atoms with Crippen LogP contribution in [0.2, 0.25) is 0 Å². The fraction of sp³-hybridized carbons (Fsp3) is 0.579. The van der Waals surface area contributed by atoms with Crippen molar-refractivity contribution in [1.29, 1.82) is 0 Å². The molecule has 4 nitrogen and oxygen atoms in total. The van der Waals surface area contributed by atoms with Crippen LogP contribution in [0.3, 0.4) is 0 Å². The van der Waals surface area contributed by atoms with E-state index in [2.05, 4.69) is 13.8 Å². The van der Waals surface area contributed by atoms with Gasteiger partial charge in [0.25, 0.3) is 0 Å². The molecular weight excluding hydrogens is 322 g/mol. The highest BCUT2D eigenvalue weighted by Gasteiger charge is 2.42. The largest absolute Gasteiger partial charge is 0.464 e. The molecule has 0 N–H and O–H groups in total. The molecule has 0 saturated carbocycles. The highest BCUT2D eigenvalue weighted by molar-refractivity contribution is 7.99. The Bertz CT molecular complexity index is 535. The molecular formula is C19H27NO3S. The van der Waals surface area contributed by atoms with Crippen LogP contribution in [0.25, 0.3) is 0 Å². The summed E-state index contributed by atoms with van der Waals surface area (Å²) in [6.45, 7) is 4.56. The summed E-state index contributed by atoms with van der Waals surface area (Å²) in [6.07, 6.45) is 4.14. The Morgan fingerprint density at radius 2 is 1.88 bits per heavy atom. The molecule has 0 spiro atoms. The summed E-state index contributed by atoms with van der Waals surface area (Å²) in [7, 11) is 0. The van der Waals surface area contributed by atoms with Gasteiger partial charge in [-0.2, -0.15) is 0 Å². The molecule has 1 aromatic rings. The highest BCUT2D eigenvalue weighted by atomic mass is 32.2. The van der Waals surface area contributed by atoms with Crippen molar-refractivity contribution in [1.82, 2.24) is 4.90 Å². The van der Waals surface area contributed by atoms with Crippen molar-refractivity contribution >= 4 is 23.6 Å². The molecule has 1 aliphatic heterocycles.